The fourth-order valence-electron chi connectivity index (χ4n) is 1.58. The van der Waals surface area contributed by atoms with Crippen molar-refractivity contribution in [2.24, 2.45) is 5.73 Å². The molecule has 1 heterocycles. The molecule has 0 saturated heterocycles. The van der Waals surface area contributed by atoms with Crippen molar-refractivity contribution >= 4 is 29.7 Å². The van der Waals surface area contributed by atoms with E-state index in [0.29, 0.717) is 6.54 Å². The normalized spacial score (nSPS) is 12.7. The van der Waals surface area contributed by atoms with Gasteiger partial charge in [-0.1, -0.05) is 19.9 Å². The molecule has 0 saturated carbocycles. The number of hydrogen-bond acceptors (Lipinski definition) is 3. The van der Waals surface area contributed by atoms with Gasteiger partial charge in [-0.3, -0.25) is 4.79 Å². The maximum Gasteiger partial charge on any atom is 0.228 e. The van der Waals surface area contributed by atoms with Crippen LogP contribution >= 0.6 is 23.7 Å². The van der Waals surface area contributed by atoms with Crippen molar-refractivity contribution in [3.05, 3.63) is 22.4 Å². The minimum absolute atomic E-state index is 0. The zero-order valence-corrected chi connectivity index (χ0v) is 12.9. The third kappa shape index (κ3) is 4.59. The number of carbonyl (C=O) groups excluding carboxylic acids is 1. The van der Waals surface area contributed by atoms with Gasteiger partial charge in [0.15, 0.2) is 0 Å². The number of hydrogen-bond donors (Lipinski definition) is 2. The Hall–Kier alpha value is -0.580. The second-order valence-corrected chi connectivity index (χ2v) is 5.50. The summed E-state index contributed by atoms with van der Waals surface area (Å²) in [5, 5.41) is 4.95. The van der Waals surface area contributed by atoms with Crippen LogP contribution in [0.25, 0.3) is 0 Å². The lowest BCUT2D eigenvalue weighted by Crippen LogP contribution is -2.49. The van der Waals surface area contributed by atoms with E-state index in [-0.39, 0.29) is 29.8 Å². The van der Waals surface area contributed by atoms with Gasteiger partial charge in [0.2, 0.25) is 5.91 Å². The van der Waals surface area contributed by atoms with Crippen molar-refractivity contribution in [1.82, 2.24) is 5.32 Å². The summed E-state index contributed by atoms with van der Waals surface area (Å²) in [5.41, 5.74) is 5.88. The van der Waals surface area contributed by atoms with Gasteiger partial charge in [-0.05, 0) is 31.2 Å². The van der Waals surface area contributed by atoms with E-state index < -0.39 is 0 Å². The van der Waals surface area contributed by atoms with Crippen LogP contribution in [0.4, 0.5) is 0 Å². The fraction of sp³-hybridized carbons (Fsp3) is 0.615. The van der Waals surface area contributed by atoms with Gasteiger partial charge >= 0.3 is 0 Å². The smallest absolute Gasteiger partial charge is 0.228 e. The lowest BCUT2D eigenvalue weighted by Gasteiger charge is -2.27. The van der Waals surface area contributed by atoms with E-state index in [0.717, 1.165) is 17.7 Å². The van der Waals surface area contributed by atoms with E-state index in [9.17, 15) is 4.79 Å². The van der Waals surface area contributed by atoms with Crippen LogP contribution < -0.4 is 11.1 Å². The van der Waals surface area contributed by atoms with Crippen LogP contribution in [0.5, 0.6) is 0 Å². The number of nitrogens with one attached hydrogen (secondary N) is 1. The van der Waals surface area contributed by atoms with Gasteiger partial charge in [0, 0.05) is 17.0 Å². The minimum atomic E-state index is -0.273. The molecule has 18 heavy (non-hydrogen) atoms. The molecule has 1 atom stereocenters. The third-order valence-electron chi connectivity index (χ3n) is 3.39. The Bertz CT molecular complexity index is 350. The van der Waals surface area contributed by atoms with Crippen molar-refractivity contribution < 1.29 is 4.79 Å². The second kappa shape index (κ2) is 7.77. The first-order chi connectivity index (χ1) is 8.02. The molecule has 0 aliphatic heterocycles. The molecule has 0 aliphatic carbocycles. The maximum absolute atomic E-state index is 12.0. The summed E-state index contributed by atoms with van der Waals surface area (Å²) in [6.07, 6.45) is 1.74. The first-order valence-electron chi connectivity index (χ1n) is 6.12. The van der Waals surface area contributed by atoms with E-state index in [2.05, 4.69) is 19.2 Å². The van der Waals surface area contributed by atoms with Crippen LogP contribution in [0.2, 0.25) is 0 Å². The lowest BCUT2D eigenvalue weighted by molar-refractivity contribution is -0.122. The van der Waals surface area contributed by atoms with Crippen molar-refractivity contribution in [3.8, 4) is 0 Å². The molecule has 1 rings (SSSR count). The molecule has 1 unspecified atom stereocenters. The lowest BCUT2D eigenvalue weighted by atomic mass is 9.94. The first-order valence-corrected chi connectivity index (χ1v) is 7.00. The number of amides is 1. The van der Waals surface area contributed by atoms with Crippen molar-refractivity contribution in [1.29, 1.82) is 0 Å². The van der Waals surface area contributed by atoms with Crippen molar-refractivity contribution in [3.63, 3.8) is 0 Å². The van der Waals surface area contributed by atoms with Crippen molar-refractivity contribution in [2.45, 2.75) is 45.1 Å². The molecule has 1 aromatic heterocycles. The Morgan fingerprint density at radius 1 is 1.50 bits per heavy atom. The Kier molecular flexibility index (Phi) is 7.52. The highest BCUT2D eigenvalue weighted by molar-refractivity contribution is 7.10. The Balaban J connectivity index is 0.00000289. The van der Waals surface area contributed by atoms with E-state index in [1.165, 1.54) is 0 Å². The zero-order chi connectivity index (χ0) is 12.9. The highest BCUT2D eigenvalue weighted by Gasteiger charge is 2.23. The largest absolute Gasteiger partial charge is 0.354 e. The van der Waals surface area contributed by atoms with Gasteiger partial charge in [-0.2, -0.15) is 0 Å². The van der Waals surface area contributed by atoms with Crippen LogP contribution in [0, 0.1) is 0 Å². The summed E-state index contributed by atoms with van der Waals surface area (Å²) < 4.78 is 0. The van der Waals surface area contributed by atoms with E-state index in [1.54, 1.807) is 11.3 Å². The average molecular weight is 291 g/mol. The standard InChI is InChI=1S/C13H22N2OS.ClH/c1-4-13(14,5-2)9-15-12(16)10(3)11-7-6-8-17-11;/h6-8,10H,4-5,9,14H2,1-3H3,(H,15,16);1H. The molecule has 0 radical (unpaired) electrons. The topological polar surface area (TPSA) is 55.1 Å². The molecule has 0 spiro atoms. The highest BCUT2D eigenvalue weighted by atomic mass is 35.5. The van der Waals surface area contributed by atoms with E-state index in [1.807, 2.05) is 24.4 Å². The predicted octanol–water partition coefficient (Wildman–Crippen LogP) is 2.91. The molecule has 5 heteroatoms. The number of thiophene rings is 1. The number of rotatable bonds is 6. The van der Waals surface area contributed by atoms with Gasteiger partial charge in [-0.25, -0.2) is 0 Å². The molecule has 1 amide bonds. The molecule has 3 N–H and O–H groups in total. The van der Waals surface area contributed by atoms with Crippen LogP contribution in [0.15, 0.2) is 17.5 Å². The van der Waals surface area contributed by atoms with Gasteiger partial charge in [-0.15, -0.1) is 23.7 Å². The van der Waals surface area contributed by atoms with Gasteiger partial charge in [0.1, 0.15) is 0 Å². The molecule has 1 aromatic rings. The van der Waals surface area contributed by atoms with Crippen molar-refractivity contribution in [2.75, 3.05) is 6.54 Å². The Morgan fingerprint density at radius 3 is 2.56 bits per heavy atom. The number of nitrogens with two attached hydrogens (primary N) is 1. The molecular weight excluding hydrogens is 268 g/mol. The van der Waals surface area contributed by atoms with Crippen LogP contribution in [-0.2, 0) is 4.79 Å². The molecule has 0 bridgehead atoms. The summed E-state index contributed by atoms with van der Waals surface area (Å²) in [7, 11) is 0. The number of carbonyl (C=O) groups is 1. The summed E-state index contributed by atoms with van der Waals surface area (Å²) in [5.74, 6) is -0.0304. The SMILES string of the molecule is CCC(N)(CC)CNC(=O)C(C)c1cccs1.Cl. The zero-order valence-electron chi connectivity index (χ0n) is 11.2. The molecule has 3 nitrogen and oxygen atoms in total. The molecule has 104 valence electrons. The highest BCUT2D eigenvalue weighted by Crippen LogP contribution is 2.21. The number of halogens is 1. The fourth-order valence-corrected chi connectivity index (χ4v) is 2.37. The summed E-state index contributed by atoms with van der Waals surface area (Å²) in [6.45, 7) is 6.59. The minimum Gasteiger partial charge on any atom is -0.354 e. The average Bonchev–Trinajstić information content (AvgIpc) is 2.88. The van der Waals surface area contributed by atoms with E-state index in [4.69, 9.17) is 5.73 Å². The summed E-state index contributed by atoms with van der Waals surface area (Å²) in [6, 6.07) is 3.96. The van der Waals surface area contributed by atoms with Crippen LogP contribution in [-0.4, -0.2) is 18.0 Å². The summed E-state index contributed by atoms with van der Waals surface area (Å²) >= 11 is 1.61. The van der Waals surface area contributed by atoms with Crippen LogP contribution in [0.1, 0.15) is 44.4 Å². The monoisotopic (exact) mass is 290 g/mol. The summed E-state index contributed by atoms with van der Waals surface area (Å²) in [4.78, 5) is 13.1. The molecule has 0 aromatic carbocycles. The Morgan fingerprint density at radius 2 is 2.11 bits per heavy atom. The van der Waals surface area contributed by atoms with E-state index >= 15 is 0 Å². The quantitative estimate of drug-likeness (QED) is 0.846. The molecular formula is C13H23ClN2OS. The van der Waals surface area contributed by atoms with Gasteiger partial charge in [0.05, 0.1) is 5.92 Å². The van der Waals surface area contributed by atoms with Gasteiger partial charge in [0.25, 0.3) is 0 Å². The first kappa shape index (κ1) is 17.4. The van der Waals surface area contributed by atoms with Gasteiger partial charge < -0.3 is 11.1 Å². The Labute approximate surface area is 120 Å². The second-order valence-electron chi connectivity index (χ2n) is 4.52. The maximum atomic E-state index is 12.0. The third-order valence-corrected chi connectivity index (χ3v) is 4.44. The molecule has 0 aliphatic rings. The van der Waals surface area contributed by atoms with Crippen LogP contribution in [0.3, 0.4) is 0 Å². The molecule has 0 fully saturated rings. The predicted molar refractivity (Wildman–Crippen MR) is 80.5 cm³/mol.